The summed E-state index contributed by atoms with van der Waals surface area (Å²) in [5, 5.41) is 8.46. The Bertz CT molecular complexity index is 208. The lowest BCUT2D eigenvalue weighted by atomic mass is 10.1. The van der Waals surface area contributed by atoms with Crippen LogP contribution in [0.2, 0.25) is 0 Å². The summed E-state index contributed by atoms with van der Waals surface area (Å²) in [6.45, 7) is 0. The summed E-state index contributed by atoms with van der Waals surface area (Å²) in [5.74, 6) is 2.55. The highest BCUT2D eigenvalue weighted by Gasteiger charge is 2.46. The smallest absolute Gasteiger partial charge is 0.303 e. The molecule has 2 atom stereocenters. The highest BCUT2D eigenvalue weighted by molar-refractivity contribution is 5.66. The number of carboxylic acids is 1. The van der Waals surface area contributed by atoms with Gasteiger partial charge in [0, 0.05) is 6.42 Å². The van der Waals surface area contributed by atoms with Crippen LogP contribution in [0.25, 0.3) is 0 Å². The molecule has 0 amide bonds. The van der Waals surface area contributed by atoms with Crippen LogP contribution < -0.4 is 0 Å². The van der Waals surface area contributed by atoms with Crippen molar-refractivity contribution in [3.63, 3.8) is 0 Å². The van der Waals surface area contributed by atoms with E-state index in [1.54, 1.807) is 0 Å². The molecular formula is C12H20O2. The second kappa shape index (κ2) is 4.33. The molecule has 1 N–H and O–H groups in total. The standard InChI is InChI=1S/C12H20O2/c13-12(14)5-3-1-2-4-10-8-11(10)9-6-7-9/h9-11H,1-8H2,(H,13,14). The molecule has 2 saturated carbocycles. The van der Waals surface area contributed by atoms with Crippen molar-refractivity contribution in [2.45, 2.75) is 51.4 Å². The van der Waals surface area contributed by atoms with Crippen LogP contribution in [0, 0.1) is 17.8 Å². The van der Waals surface area contributed by atoms with Crippen LogP contribution >= 0.6 is 0 Å². The van der Waals surface area contributed by atoms with Gasteiger partial charge in [-0.3, -0.25) is 4.79 Å². The third-order valence-electron chi connectivity index (χ3n) is 3.67. The van der Waals surface area contributed by atoms with Gasteiger partial charge in [0.05, 0.1) is 0 Å². The van der Waals surface area contributed by atoms with Crippen LogP contribution in [0.1, 0.15) is 51.4 Å². The molecule has 0 spiro atoms. The Hall–Kier alpha value is -0.530. The zero-order valence-corrected chi connectivity index (χ0v) is 8.74. The Labute approximate surface area is 85.7 Å². The summed E-state index contributed by atoms with van der Waals surface area (Å²) in [7, 11) is 0. The second-order valence-corrected chi connectivity index (χ2v) is 4.99. The summed E-state index contributed by atoms with van der Waals surface area (Å²) < 4.78 is 0. The molecule has 0 aromatic carbocycles. The van der Waals surface area contributed by atoms with Gasteiger partial charge in [0.25, 0.3) is 0 Å². The lowest BCUT2D eigenvalue weighted by molar-refractivity contribution is -0.137. The van der Waals surface area contributed by atoms with Crippen LogP contribution in [0.4, 0.5) is 0 Å². The third kappa shape index (κ3) is 3.00. The Kier molecular flexibility index (Phi) is 3.09. The summed E-state index contributed by atoms with van der Waals surface area (Å²) in [6, 6.07) is 0. The van der Waals surface area contributed by atoms with Gasteiger partial charge >= 0.3 is 5.97 Å². The third-order valence-corrected chi connectivity index (χ3v) is 3.67. The van der Waals surface area contributed by atoms with E-state index in [4.69, 9.17) is 5.11 Å². The normalized spacial score (nSPS) is 30.3. The first-order chi connectivity index (χ1) is 6.77. The summed E-state index contributed by atoms with van der Waals surface area (Å²) in [4.78, 5) is 10.3. The van der Waals surface area contributed by atoms with E-state index in [0.29, 0.717) is 6.42 Å². The summed E-state index contributed by atoms with van der Waals surface area (Å²) >= 11 is 0. The molecule has 2 unspecified atom stereocenters. The lowest BCUT2D eigenvalue weighted by Crippen LogP contribution is -1.94. The molecule has 2 rings (SSSR count). The van der Waals surface area contributed by atoms with Gasteiger partial charge in [-0.2, -0.15) is 0 Å². The van der Waals surface area contributed by atoms with Crippen molar-refractivity contribution in [1.82, 2.24) is 0 Å². The van der Waals surface area contributed by atoms with Gasteiger partial charge < -0.3 is 5.11 Å². The van der Waals surface area contributed by atoms with Crippen molar-refractivity contribution in [3.05, 3.63) is 0 Å². The van der Waals surface area contributed by atoms with Crippen LogP contribution in [0.5, 0.6) is 0 Å². The molecule has 0 aromatic rings. The molecule has 2 nitrogen and oxygen atoms in total. The minimum Gasteiger partial charge on any atom is -0.481 e. The Morgan fingerprint density at radius 2 is 2.00 bits per heavy atom. The average Bonchev–Trinajstić information content (AvgIpc) is 2.97. The SMILES string of the molecule is O=C(O)CCCCCC1CC1C1CC1. The van der Waals surface area contributed by atoms with Crippen molar-refractivity contribution < 1.29 is 9.90 Å². The van der Waals surface area contributed by atoms with Gasteiger partial charge in [-0.05, 0) is 43.4 Å². The zero-order chi connectivity index (χ0) is 9.97. The molecule has 2 heteroatoms. The zero-order valence-electron chi connectivity index (χ0n) is 8.74. The number of rotatable bonds is 7. The number of carboxylic acid groups (broad SMARTS) is 1. The molecule has 0 heterocycles. The largest absolute Gasteiger partial charge is 0.481 e. The molecule has 0 bridgehead atoms. The van der Waals surface area contributed by atoms with E-state index in [0.717, 1.165) is 30.6 Å². The summed E-state index contributed by atoms with van der Waals surface area (Å²) in [5.41, 5.74) is 0. The monoisotopic (exact) mass is 196 g/mol. The van der Waals surface area contributed by atoms with E-state index in [1.165, 1.54) is 32.1 Å². The molecule has 14 heavy (non-hydrogen) atoms. The highest BCUT2D eigenvalue weighted by Crippen LogP contribution is 2.56. The van der Waals surface area contributed by atoms with Gasteiger partial charge in [0.1, 0.15) is 0 Å². The van der Waals surface area contributed by atoms with E-state index in [2.05, 4.69) is 0 Å². The van der Waals surface area contributed by atoms with Gasteiger partial charge in [-0.1, -0.05) is 19.3 Å². The van der Waals surface area contributed by atoms with Crippen molar-refractivity contribution in [2.24, 2.45) is 17.8 Å². The molecule has 80 valence electrons. The fourth-order valence-electron chi connectivity index (χ4n) is 2.56. The predicted octanol–water partition coefficient (Wildman–Crippen LogP) is 3.07. The molecule has 0 radical (unpaired) electrons. The first kappa shape index (κ1) is 10.0. The van der Waals surface area contributed by atoms with Gasteiger partial charge in [0.2, 0.25) is 0 Å². The van der Waals surface area contributed by atoms with Crippen LogP contribution in [-0.2, 0) is 4.79 Å². The van der Waals surface area contributed by atoms with Crippen LogP contribution in [0.15, 0.2) is 0 Å². The second-order valence-electron chi connectivity index (χ2n) is 4.99. The highest BCUT2D eigenvalue weighted by atomic mass is 16.4. The minimum absolute atomic E-state index is 0.358. The molecule has 0 saturated heterocycles. The van der Waals surface area contributed by atoms with Gasteiger partial charge in [-0.15, -0.1) is 0 Å². The Morgan fingerprint density at radius 1 is 1.21 bits per heavy atom. The van der Waals surface area contributed by atoms with Gasteiger partial charge in [-0.25, -0.2) is 0 Å². The van der Waals surface area contributed by atoms with E-state index in [-0.39, 0.29) is 0 Å². The lowest BCUT2D eigenvalue weighted by Gasteiger charge is -1.98. The molecule has 2 fully saturated rings. The van der Waals surface area contributed by atoms with Crippen molar-refractivity contribution in [1.29, 1.82) is 0 Å². The fraction of sp³-hybridized carbons (Fsp3) is 0.917. The maximum Gasteiger partial charge on any atom is 0.303 e. The van der Waals surface area contributed by atoms with Crippen molar-refractivity contribution in [2.75, 3.05) is 0 Å². The molecule has 2 aliphatic carbocycles. The van der Waals surface area contributed by atoms with E-state index < -0.39 is 5.97 Å². The van der Waals surface area contributed by atoms with Gasteiger partial charge in [0.15, 0.2) is 0 Å². The maximum atomic E-state index is 10.3. The van der Waals surface area contributed by atoms with Crippen molar-refractivity contribution in [3.8, 4) is 0 Å². The van der Waals surface area contributed by atoms with Crippen molar-refractivity contribution >= 4 is 5.97 Å². The molecule has 0 aliphatic heterocycles. The molecule has 0 aromatic heterocycles. The molecule has 2 aliphatic rings. The van der Waals surface area contributed by atoms with E-state index in [9.17, 15) is 4.79 Å². The maximum absolute atomic E-state index is 10.3. The number of aliphatic carboxylic acids is 1. The number of hydrogen-bond donors (Lipinski definition) is 1. The topological polar surface area (TPSA) is 37.3 Å². The Balaban J connectivity index is 1.42. The summed E-state index contributed by atoms with van der Waals surface area (Å²) in [6.07, 6.45) is 9.40. The first-order valence-corrected chi connectivity index (χ1v) is 5.99. The fourth-order valence-corrected chi connectivity index (χ4v) is 2.56. The number of hydrogen-bond acceptors (Lipinski definition) is 1. The quantitative estimate of drug-likeness (QED) is 0.635. The molecular weight excluding hydrogens is 176 g/mol. The Morgan fingerprint density at radius 3 is 2.64 bits per heavy atom. The first-order valence-electron chi connectivity index (χ1n) is 5.99. The van der Waals surface area contributed by atoms with Crippen LogP contribution in [0.3, 0.4) is 0 Å². The van der Waals surface area contributed by atoms with E-state index >= 15 is 0 Å². The number of unbranched alkanes of at least 4 members (excludes halogenated alkanes) is 2. The minimum atomic E-state index is -0.646. The average molecular weight is 196 g/mol. The predicted molar refractivity (Wildman–Crippen MR) is 55.0 cm³/mol. The number of carbonyl (C=O) groups is 1. The van der Waals surface area contributed by atoms with E-state index in [1.807, 2.05) is 0 Å². The van der Waals surface area contributed by atoms with Crippen LogP contribution in [-0.4, -0.2) is 11.1 Å².